The summed E-state index contributed by atoms with van der Waals surface area (Å²) in [6, 6.07) is 9.73. The van der Waals surface area contributed by atoms with Gasteiger partial charge < -0.3 is 5.11 Å². The molecule has 2 N–H and O–H groups in total. The number of nitrogens with one attached hydrogen (secondary N) is 1. The van der Waals surface area contributed by atoms with Crippen molar-refractivity contribution in [2.75, 3.05) is 13.6 Å². The highest BCUT2D eigenvalue weighted by Gasteiger charge is 2.33. The summed E-state index contributed by atoms with van der Waals surface area (Å²) in [5.74, 6) is 0. The maximum atomic E-state index is 10.2. The number of allylic oxidation sites excluding steroid dienone is 2. The Kier molecular flexibility index (Phi) is 3.05. The van der Waals surface area contributed by atoms with E-state index in [1.807, 2.05) is 50.4 Å². The van der Waals surface area contributed by atoms with Gasteiger partial charge in [-0.05, 0) is 5.56 Å². The van der Waals surface area contributed by atoms with Gasteiger partial charge >= 0.3 is 0 Å². The van der Waals surface area contributed by atoms with Gasteiger partial charge in [-0.15, -0.1) is 0 Å². The fraction of sp³-hybridized carbons (Fsp3) is 0.286. The first kappa shape index (κ1) is 11.9. The van der Waals surface area contributed by atoms with Crippen LogP contribution in [0.15, 0.2) is 54.4 Å². The van der Waals surface area contributed by atoms with Crippen molar-refractivity contribution in [2.24, 2.45) is 0 Å². The summed E-state index contributed by atoms with van der Waals surface area (Å²) in [7, 11) is 2.04. The molecule has 1 unspecified atom stereocenters. The number of benzene rings is 1. The molecule has 0 spiro atoms. The smallest absolute Gasteiger partial charge is 0.136 e. The van der Waals surface area contributed by atoms with Crippen LogP contribution in [0.2, 0.25) is 0 Å². The van der Waals surface area contributed by atoms with Gasteiger partial charge in [0, 0.05) is 13.0 Å². The lowest BCUT2D eigenvalue weighted by Gasteiger charge is -2.32. The Morgan fingerprint density at radius 3 is 2.53 bits per heavy atom. The van der Waals surface area contributed by atoms with Crippen molar-refractivity contribution in [3.8, 4) is 0 Å². The van der Waals surface area contributed by atoms with Gasteiger partial charge in [0.1, 0.15) is 18.3 Å². The second-order valence-corrected chi connectivity index (χ2v) is 4.72. The molecule has 3 heteroatoms. The average Bonchev–Trinajstić information content (AvgIpc) is 2.53. The normalized spacial score (nSPS) is 25.4. The van der Waals surface area contributed by atoms with Crippen LogP contribution in [0.3, 0.4) is 0 Å². The fourth-order valence-corrected chi connectivity index (χ4v) is 2.15. The molecule has 0 saturated carbocycles. The van der Waals surface area contributed by atoms with Gasteiger partial charge in [-0.2, -0.15) is 4.59 Å². The highest BCUT2D eigenvalue weighted by Crippen LogP contribution is 2.25. The van der Waals surface area contributed by atoms with Crippen molar-refractivity contribution in [1.82, 2.24) is 5.43 Å². The van der Waals surface area contributed by atoms with Crippen LogP contribution in [0.5, 0.6) is 0 Å². The quantitative estimate of drug-likeness (QED) is 0.781. The molecule has 0 aromatic heterocycles. The zero-order chi connectivity index (χ0) is 12.5. The van der Waals surface area contributed by atoms with Gasteiger partial charge in [0.25, 0.3) is 0 Å². The Balaban J connectivity index is 2.12. The molecule has 90 valence electrons. The van der Waals surface area contributed by atoms with Crippen LogP contribution in [0.25, 0.3) is 0 Å². The van der Waals surface area contributed by atoms with Crippen LogP contribution in [-0.4, -0.2) is 23.3 Å². The zero-order valence-corrected chi connectivity index (χ0v) is 10.4. The average molecular weight is 231 g/mol. The second kappa shape index (κ2) is 4.35. The van der Waals surface area contributed by atoms with E-state index in [9.17, 15) is 5.11 Å². The third kappa shape index (κ3) is 2.40. The first-order valence-corrected chi connectivity index (χ1v) is 5.76. The number of hydrogen-bond donors (Lipinski definition) is 2. The molecule has 0 fully saturated rings. The van der Waals surface area contributed by atoms with E-state index in [1.165, 1.54) is 0 Å². The predicted molar refractivity (Wildman–Crippen MR) is 68.5 cm³/mol. The number of aliphatic hydroxyl groups is 1. The fourth-order valence-electron chi connectivity index (χ4n) is 2.15. The molecule has 3 nitrogen and oxygen atoms in total. The molecule has 2 atom stereocenters. The molecule has 0 amide bonds. The summed E-state index contributed by atoms with van der Waals surface area (Å²) in [5, 5.41) is 10.2. The van der Waals surface area contributed by atoms with Crippen LogP contribution in [0, 0.1) is 0 Å². The van der Waals surface area contributed by atoms with Gasteiger partial charge in [-0.1, -0.05) is 36.9 Å². The van der Waals surface area contributed by atoms with E-state index in [4.69, 9.17) is 0 Å². The van der Waals surface area contributed by atoms with Crippen molar-refractivity contribution in [3.05, 3.63) is 59.9 Å². The maximum Gasteiger partial charge on any atom is 0.136 e. The van der Waals surface area contributed by atoms with E-state index in [1.54, 1.807) is 0 Å². The standard InChI is InChI=1S/C14H19N2O/c1-11-9-12(2)16(3,15-11)10-14(17)13-7-5-4-6-8-13/h4-9,14-15,17H,1,10H2,2-3H3/q+1/t14-,16?/m0/s1. The Morgan fingerprint density at radius 1 is 1.35 bits per heavy atom. The number of hydrogen-bond acceptors (Lipinski definition) is 2. The summed E-state index contributed by atoms with van der Waals surface area (Å²) in [4.78, 5) is 0. The van der Waals surface area contributed by atoms with Crippen molar-refractivity contribution >= 4 is 0 Å². The van der Waals surface area contributed by atoms with Crippen LogP contribution in [-0.2, 0) is 0 Å². The number of nitrogens with zero attached hydrogens (tertiary/aromatic N) is 1. The SMILES string of the molecule is C=C1C=C(C)[N+](C)(C[C@H](O)c2ccccc2)N1. The second-order valence-electron chi connectivity index (χ2n) is 4.72. The van der Waals surface area contributed by atoms with Crippen LogP contribution >= 0.6 is 0 Å². The molecule has 1 aliphatic rings. The minimum Gasteiger partial charge on any atom is -0.382 e. The Morgan fingerprint density at radius 2 is 2.00 bits per heavy atom. The molecule has 0 aliphatic carbocycles. The summed E-state index contributed by atoms with van der Waals surface area (Å²) < 4.78 is 0.509. The van der Waals surface area contributed by atoms with Crippen LogP contribution < -0.4 is 5.43 Å². The summed E-state index contributed by atoms with van der Waals surface area (Å²) in [6.45, 7) is 6.53. The lowest BCUT2D eigenvalue weighted by atomic mass is 10.1. The molecule has 1 aromatic carbocycles. The lowest BCUT2D eigenvalue weighted by molar-refractivity contribution is -0.910. The maximum absolute atomic E-state index is 10.2. The zero-order valence-electron chi connectivity index (χ0n) is 10.4. The molecule has 1 aliphatic heterocycles. The van der Waals surface area contributed by atoms with Crippen LogP contribution in [0.1, 0.15) is 18.6 Å². The molecule has 1 heterocycles. The number of quaternary nitrogens is 1. The van der Waals surface area contributed by atoms with Crippen molar-refractivity contribution < 1.29 is 9.70 Å². The predicted octanol–water partition coefficient (Wildman–Crippen LogP) is 2.10. The van der Waals surface area contributed by atoms with Crippen LogP contribution in [0.4, 0.5) is 0 Å². The monoisotopic (exact) mass is 231 g/mol. The summed E-state index contributed by atoms with van der Waals surface area (Å²) >= 11 is 0. The molecular weight excluding hydrogens is 212 g/mol. The molecule has 0 bridgehead atoms. The van der Waals surface area contributed by atoms with Crippen molar-refractivity contribution in [2.45, 2.75) is 13.0 Å². The topological polar surface area (TPSA) is 32.3 Å². The van der Waals surface area contributed by atoms with Gasteiger partial charge in [-0.25, -0.2) is 5.43 Å². The minimum atomic E-state index is -0.483. The highest BCUT2D eigenvalue weighted by molar-refractivity contribution is 5.20. The molecular formula is C14H19N2O+. The molecule has 17 heavy (non-hydrogen) atoms. The Hall–Kier alpha value is -1.58. The molecule has 0 saturated heterocycles. The Bertz CT molecular complexity index is 453. The van der Waals surface area contributed by atoms with E-state index < -0.39 is 6.10 Å². The van der Waals surface area contributed by atoms with Gasteiger partial charge in [0.2, 0.25) is 0 Å². The van der Waals surface area contributed by atoms with Crippen molar-refractivity contribution in [3.63, 3.8) is 0 Å². The number of likely N-dealkylation sites (N-methyl/N-ethyl adjacent to an activating group) is 1. The minimum absolute atomic E-state index is 0.483. The summed E-state index contributed by atoms with van der Waals surface area (Å²) in [6.07, 6.45) is 1.53. The van der Waals surface area contributed by atoms with E-state index in [2.05, 4.69) is 12.0 Å². The van der Waals surface area contributed by atoms with Gasteiger partial charge in [-0.3, -0.25) is 0 Å². The van der Waals surface area contributed by atoms with Gasteiger partial charge in [0.15, 0.2) is 0 Å². The molecule has 1 aromatic rings. The molecule has 0 radical (unpaired) electrons. The van der Waals surface area contributed by atoms with E-state index in [-0.39, 0.29) is 0 Å². The van der Waals surface area contributed by atoms with E-state index in [0.29, 0.717) is 11.1 Å². The first-order chi connectivity index (χ1) is 8.01. The molecule has 2 rings (SSSR count). The number of rotatable bonds is 3. The highest BCUT2D eigenvalue weighted by atomic mass is 16.3. The third-order valence-electron chi connectivity index (χ3n) is 3.27. The van der Waals surface area contributed by atoms with E-state index >= 15 is 0 Å². The summed E-state index contributed by atoms with van der Waals surface area (Å²) in [5.41, 5.74) is 6.27. The number of aliphatic hydroxyl groups excluding tert-OH is 1. The lowest BCUT2D eigenvalue weighted by Crippen LogP contribution is -2.51. The first-order valence-electron chi connectivity index (χ1n) is 5.76. The van der Waals surface area contributed by atoms with Crippen molar-refractivity contribution in [1.29, 1.82) is 0 Å². The third-order valence-corrected chi connectivity index (χ3v) is 3.27. The van der Waals surface area contributed by atoms with E-state index in [0.717, 1.165) is 17.0 Å². The Labute approximate surface area is 102 Å². The van der Waals surface area contributed by atoms with Gasteiger partial charge in [0.05, 0.1) is 12.7 Å². The largest absolute Gasteiger partial charge is 0.382 e.